The number of benzene rings is 1. The van der Waals surface area contributed by atoms with E-state index in [1.807, 2.05) is 18.2 Å². The van der Waals surface area contributed by atoms with E-state index in [4.69, 9.17) is 11.2 Å². The molecule has 0 atom stereocenters. The van der Waals surface area contributed by atoms with Gasteiger partial charge in [-0.25, -0.2) is 9.97 Å². The van der Waals surface area contributed by atoms with Crippen LogP contribution in [-0.2, 0) is 0 Å². The number of piperazine rings is 1. The Labute approximate surface area is 130 Å². The number of ether oxygens (including phenoxy) is 1. The zero-order chi connectivity index (χ0) is 13.8. The summed E-state index contributed by atoms with van der Waals surface area (Å²) in [5.74, 6) is 4.18. The molecule has 1 N–H and O–H groups in total. The van der Waals surface area contributed by atoms with Gasteiger partial charge in [-0.3, -0.25) is 0 Å². The minimum absolute atomic E-state index is 0. The maximum absolute atomic E-state index is 5.48. The summed E-state index contributed by atoms with van der Waals surface area (Å²) >= 11 is 0. The molecule has 2 heterocycles. The number of hydrogen-bond acceptors (Lipinski definition) is 5. The molecule has 1 aromatic carbocycles. The van der Waals surface area contributed by atoms with E-state index >= 15 is 0 Å². The molecular weight excluding hydrogens is 288 g/mol. The van der Waals surface area contributed by atoms with E-state index in [1.165, 1.54) is 0 Å². The highest BCUT2D eigenvalue weighted by Gasteiger charge is 2.15. The minimum atomic E-state index is 0. The van der Waals surface area contributed by atoms with Gasteiger partial charge >= 0.3 is 0 Å². The molecule has 0 saturated carbocycles. The van der Waals surface area contributed by atoms with Gasteiger partial charge in [-0.1, -0.05) is 5.92 Å². The van der Waals surface area contributed by atoms with Crippen molar-refractivity contribution in [2.24, 2.45) is 0 Å². The number of fused-ring (bicyclic) bond motifs is 1. The molecule has 1 aromatic heterocycles. The van der Waals surface area contributed by atoms with Crippen LogP contribution in [0.2, 0.25) is 0 Å². The molecule has 0 amide bonds. The van der Waals surface area contributed by atoms with E-state index in [0.29, 0.717) is 0 Å². The molecule has 1 saturated heterocycles. The molecule has 3 rings (SSSR count). The summed E-state index contributed by atoms with van der Waals surface area (Å²) in [7, 11) is 0. The Morgan fingerprint density at radius 3 is 2.86 bits per heavy atom. The van der Waals surface area contributed by atoms with E-state index in [1.54, 1.807) is 6.33 Å². The molecule has 1 aliphatic heterocycles. The van der Waals surface area contributed by atoms with Crippen molar-refractivity contribution in [1.82, 2.24) is 15.3 Å². The number of nitrogens with zero attached hydrogens (tertiary/aromatic N) is 3. The molecule has 6 heteroatoms. The second kappa shape index (κ2) is 7.11. The number of hydrogen-bond donors (Lipinski definition) is 1. The standard InChI is InChI=1S/C15H16N4O.ClH/c1-2-9-20-12-3-4-14-13(10-12)15(18-11-17-14)19-7-5-16-6-8-19;/h1,3-4,10-11,16H,5-9H2;1H. The maximum atomic E-state index is 5.48. The van der Waals surface area contributed by atoms with Gasteiger partial charge in [-0.2, -0.15) is 0 Å². The number of rotatable bonds is 3. The lowest BCUT2D eigenvalue weighted by Crippen LogP contribution is -2.44. The van der Waals surface area contributed by atoms with E-state index in [2.05, 4.69) is 26.1 Å². The molecule has 0 unspecified atom stereocenters. The summed E-state index contributed by atoms with van der Waals surface area (Å²) in [5, 5.41) is 4.34. The number of nitrogens with one attached hydrogen (secondary N) is 1. The van der Waals surface area contributed by atoms with Gasteiger partial charge in [0.15, 0.2) is 0 Å². The molecule has 0 aliphatic carbocycles. The molecule has 2 aromatic rings. The van der Waals surface area contributed by atoms with Gasteiger partial charge in [0.25, 0.3) is 0 Å². The Bertz CT molecular complexity index is 650. The average Bonchev–Trinajstić information content (AvgIpc) is 2.53. The lowest BCUT2D eigenvalue weighted by Gasteiger charge is -2.29. The summed E-state index contributed by atoms with van der Waals surface area (Å²) in [4.78, 5) is 11.0. The van der Waals surface area contributed by atoms with Gasteiger partial charge in [0, 0.05) is 31.6 Å². The average molecular weight is 305 g/mol. The third-order valence-corrected chi connectivity index (χ3v) is 3.32. The van der Waals surface area contributed by atoms with Crippen molar-refractivity contribution in [3.05, 3.63) is 24.5 Å². The molecule has 110 valence electrons. The summed E-state index contributed by atoms with van der Waals surface area (Å²) in [6, 6.07) is 5.78. The number of terminal acetylenes is 1. The minimum Gasteiger partial charge on any atom is -0.481 e. The highest BCUT2D eigenvalue weighted by atomic mass is 35.5. The van der Waals surface area contributed by atoms with Crippen molar-refractivity contribution in [1.29, 1.82) is 0 Å². The Morgan fingerprint density at radius 1 is 1.29 bits per heavy atom. The topological polar surface area (TPSA) is 50.3 Å². The molecule has 5 nitrogen and oxygen atoms in total. The first kappa shape index (κ1) is 15.4. The fraction of sp³-hybridized carbons (Fsp3) is 0.333. The maximum Gasteiger partial charge on any atom is 0.148 e. The normalized spacial score (nSPS) is 14.3. The Kier molecular flexibility index (Phi) is 5.20. The summed E-state index contributed by atoms with van der Waals surface area (Å²) in [5.41, 5.74) is 0.918. The van der Waals surface area contributed by atoms with Crippen LogP contribution in [0.15, 0.2) is 24.5 Å². The second-order valence-corrected chi connectivity index (χ2v) is 4.61. The predicted molar refractivity (Wildman–Crippen MR) is 86.2 cm³/mol. The van der Waals surface area contributed by atoms with Crippen LogP contribution in [-0.4, -0.2) is 42.8 Å². The SMILES string of the molecule is C#CCOc1ccc2ncnc(N3CCNCC3)c2c1.Cl. The van der Waals surface area contributed by atoms with Crippen LogP contribution in [0, 0.1) is 12.3 Å². The fourth-order valence-corrected chi connectivity index (χ4v) is 2.37. The van der Waals surface area contributed by atoms with E-state index in [9.17, 15) is 0 Å². The van der Waals surface area contributed by atoms with E-state index < -0.39 is 0 Å². The lowest BCUT2D eigenvalue weighted by molar-refractivity contribution is 0.371. The molecule has 21 heavy (non-hydrogen) atoms. The first-order chi connectivity index (χ1) is 9.88. The molecule has 0 radical (unpaired) electrons. The van der Waals surface area contributed by atoms with Crippen molar-refractivity contribution >= 4 is 29.1 Å². The van der Waals surface area contributed by atoms with Crippen molar-refractivity contribution in [2.45, 2.75) is 0 Å². The van der Waals surface area contributed by atoms with Crippen LogP contribution in [0.5, 0.6) is 5.75 Å². The number of anilines is 1. The van der Waals surface area contributed by atoms with Crippen LogP contribution in [0.1, 0.15) is 0 Å². The van der Waals surface area contributed by atoms with Crippen LogP contribution >= 0.6 is 12.4 Å². The van der Waals surface area contributed by atoms with Crippen LogP contribution in [0.4, 0.5) is 5.82 Å². The summed E-state index contributed by atoms with van der Waals surface area (Å²) in [6.45, 7) is 4.10. The van der Waals surface area contributed by atoms with Gasteiger partial charge in [0.05, 0.1) is 5.52 Å². The Morgan fingerprint density at radius 2 is 2.10 bits per heavy atom. The van der Waals surface area contributed by atoms with Crippen molar-refractivity contribution < 1.29 is 4.74 Å². The van der Waals surface area contributed by atoms with Gasteiger partial charge in [-0.05, 0) is 18.2 Å². The molecule has 0 bridgehead atoms. The molecule has 1 fully saturated rings. The van der Waals surface area contributed by atoms with E-state index in [-0.39, 0.29) is 19.0 Å². The van der Waals surface area contributed by atoms with Crippen molar-refractivity contribution in [2.75, 3.05) is 37.7 Å². The third-order valence-electron chi connectivity index (χ3n) is 3.32. The van der Waals surface area contributed by atoms with E-state index in [0.717, 1.165) is 48.6 Å². The van der Waals surface area contributed by atoms with Crippen LogP contribution in [0.25, 0.3) is 10.9 Å². The zero-order valence-corrected chi connectivity index (χ0v) is 12.4. The Hall–Kier alpha value is -2.03. The number of halogens is 1. The largest absolute Gasteiger partial charge is 0.481 e. The Balaban J connectivity index is 0.00000161. The highest BCUT2D eigenvalue weighted by Crippen LogP contribution is 2.27. The first-order valence-corrected chi connectivity index (χ1v) is 6.65. The molecule has 0 spiro atoms. The second-order valence-electron chi connectivity index (χ2n) is 4.61. The monoisotopic (exact) mass is 304 g/mol. The fourth-order valence-electron chi connectivity index (χ4n) is 2.37. The van der Waals surface area contributed by atoms with Gasteiger partial charge in [-0.15, -0.1) is 18.8 Å². The molecular formula is C15H17ClN4O. The predicted octanol–water partition coefficient (Wildman–Crippen LogP) is 1.47. The lowest BCUT2D eigenvalue weighted by atomic mass is 10.2. The highest BCUT2D eigenvalue weighted by molar-refractivity contribution is 5.90. The smallest absolute Gasteiger partial charge is 0.148 e. The quantitative estimate of drug-likeness (QED) is 0.870. The first-order valence-electron chi connectivity index (χ1n) is 6.65. The van der Waals surface area contributed by atoms with Crippen LogP contribution < -0.4 is 15.0 Å². The van der Waals surface area contributed by atoms with Gasteiger partial charge < -0.3 is 15.0 Å². The van der Waals surface area contributed by atoms with Crippen molar-refractivity contribution in [3.8, 4) is 18.1 Å². The van der Waals surface area contributed by atoms with Crippen molar-refractivity contribution in [3.63, 3.8) is 0 Å². The summed E-state index contributed by atoms with van der Waals surface area (Å²) < 4.78 is 5.48. The van der Waals surface area contributed by atoms with Gasteiger partial charge in [0.2, 0.25) is 0 Å². The summed E-state index contributed by atoms with van der Waals surface area (Å²) in [6.07, 6.45) is 6.83. The number of aromatic nitrogens is 2. The zero-order valence-electron chi connectivity index (χ0n) is 11.6. The van der Waals surface area contributed by atoms with Crippen LogP contribution in [0.3, 0.4) is 0 Å². The van der Waals surface area contributed by atoms with Gasteiger partial charge in [0.1, 0.15) is 24.5 Å². The molecule has 1 aliphatic rings. The third kappa shape index (κ3) is 3.35.